The third-order valence-corrected chi connectivity index (χ3v) is 3.92. The molecule has 3 N–H and O–H groups in total. The van der Waals surface area contributed by atoms with E-state index in [0.29, 0.717) is 23.3 Å². The number of sulfonamides is 1. The summed E-state index contributed by atoms with van der Waals surface area (Å²) in [5.74, 6) is 0. The zero-order chi connectivity index (χ0) is 14.6. The van der Waals surface area contributed by atoms with E-state index >= 15 is 0 Å². The van der Waals surface area contributed by atoms with E-state index in [1.165, 1.54) is 0 Å². The zero-order valence-electron chi connectivity index (χ0n) is 11.2. The van der Waals surface area contributed by atoms with Crippen LogP contribution in [0.5, 0.6) is 0 Å². The Labute approximate surface area is 119 Å². The largest absolute Gasteiger partial charge is 0.368 e. The Balaban J connectivity index is 2.67. The van der Waals surface area contributed by atoms with Gasteiger partial charge in [-0.05, 0) is 30.2 Å². The van der Waals surface area contributed by atoms with Crippen molar-refractivity contribution in [3.8, 4) is 0 Å². The Morgan fingerprint density at radius 3 is 2.85 bits per heavy atom. The van der Waals surface area contributed by atoms with Crippen molar-refractivity contribution in [2.24, 2.45) is 5.14 Å². The summed E-state index contributed by atoms with van der Waals surface area (Å²) in [4.78, 5) is 4.33. The van der Waals surface area contributed by atoms with Crippen LogP contribution < -0.4 is 10.5 Å². The Hall–Kier alpha value is -1.92. The number of rotatable bonds is 4. The number of hydrogen-bond acceptors (Lipinski definition) is 4. The molecule has 106 valence electrons. The predicted octanol–water partition coefficient (Wildman–Crippen LogP) is 1.70. The second-order valence-corrected chi connectivity index (χ2v) is 5.92. The Kier molecular flexibility index (Phi) is 4.36. The summed E-state index contributed by atoms with van der Waals surface area (Å²) in [6, 6.07) is 1.71. The zero-order valence-corrected chi connectivity index (χ0v) is 12.0. The molecule has 0 radical (unpaired) electrons. The van der Waals surface area contributed by atoms with Gasteiger partial charge in [-0.3, -0.25) is 4.98 Å². The van der Waals surface area contributed by atoms with Gasteiger partial charge in [-0.1, -0.05) is 19.4 Å². The average molecular weight is 291 g/mol. The van der Waals surface area contributed by atoms with Gasteiger partial charge < -0.3 is 5.32 Å². The molecule has 20 heavy (non-hydrogen) atoms. The van der Waals surface area contributed by atoms with Gasteiger partial charge >= 0.3 is 0 Å². The fourth-order valence-electron chi connectivity index (χ4n) is 2.09. The van der Waals surface area contributed by atoms with Gasteiger partial charge in [0.15, 0.2) is 0 Å². The van der Waals surface area contributed by atoms with Gasteiger partial charge in [0, 0.05) is 24.2 Å². The first kappa shape index (κ1) is 14.5. The van der Waals surface area contributed by atoms with Crippen molar-refractivity contribution in [1.82, 2.24) is 10.3 Å². The van der Waals surface area contributed by atoms with E-state index in [9.17, 15) is 8.42 Å². The minimum Gasteiger partial charge on any atom is -0.368 e. The highest BCUT2D eigenvalue weighted by Crippen LogP contribution is 2.26. The van der Waals surface area contributed by atoms with Gasteiger partial charge in [0.05, 0.1) is 5.69 Å². The molecule has 5 nitrogen and oxygen atoms in total. The van der Waals surface area contributed by atoms with Crippen LogP contribution in [-0.4, -0.2) is 13.4 Å². The summed E-state index contributed by atoms with van der Waals surface area (Å²) in [7, 11) is -3.83. The number of nitrogens with zero attached hydrogens (tertiary/aromatic N) is 1. The highest BCUT2D eigenvalue weighted by molar-refractivity contribution is 7.89. The number of nitrogens with two attached hydrogens (primary N) is 1. The molecule has 0 spiro atoms. The van der Waals surface area contributed by atoms with Crippen LogP contribution in [0.3, 0.4) is 0 Å². The van der Waals surface area contributed by atoms with Crippen LogP contribution in [0.1, 0.15) is 24.6 Å². The summed E-state index contributed by atoms with van der Waals surface area (Å²) in [5.41, 5.74) is 1.80. The number of nitrogens with one attached hydrogen (secondary N) is 1. The average Bonchev–Trinajstić information content (AvgIpc) is 2.66. The molecule has 1 aliphatic rings. The number of pyridine rings is 1. The smallest absolute Gasteiger partial charge is 0.240 e. The maximum atomic E-state index is 11.9. The molecule has 0 aromatic carbocycles. The number of allylic oxidation sites excluding steroid dienone is 4. The lowest BCUT2D eigenvalue weighted by atomic mass is 10.1. The van der Waals surface area contributed by atoms with Gasteiger partial charge in [0.25, 0.3) is 0 Å². The number of aryl methyl sites for hydroxylation is 1. The lowest BCUT2D eigenvalue weighted by molar-refractivity contribution is 0.595. The SMILES string of the molecule is CCCc1ccnc(C2=CC=CNC=C2)c1S(N)(=O)=O. The van der Waals surface area contributed by atoms with Crippen molar-refractivity contribution in [3.05, 3.63) is 54.1 Å². The number of aromatic nitrogens is 1. The topological polar surface area (TPSA) is 85.1 Å². The van der Waals surface area contributed by atoms with Crippen LogP contribution in [0.15, 0.2) is 47.8 Å². The lowest BCUT2D eigenvalue weighted by Crippen LogP contribution is -2.17. The molecule has 1 aliphatic heterocycles. The highest BCUT2D eigenvalue weighted by atomic mass is 32.2. The maximum absolute atomic E-state index is 11.9. The first-order chi connectivity index (χ1) is 9.54. The van der Waals surface area contributed by atoms with E-state index in [4.69, 9.17) is 5.14 Å². The first-order valence-corrected chi connectivity index (χ1v) is 7.89. The lowest BCUT2D eigenvalue weighted by Gasteiger charge is -2.12. The van der Waals surface area contributed by atoms with E-state index < -0.39 is 10.0 Å². The Morgan fingerprint density at radius 1 is 1.35 bits per heavy atom. The van der Waals surface area contributed by atoms with Crippen LogP contribution in [0.2, 0.25) is 0 Å². The number of hydrogen-bond donors (Lipinski definition) is 2. The van der Waals surface area contributed by atoms with Crippen LogP contribution in [0.25, 0.3) is 5.57 Å². The van der Waals surface area contributed by atoms with E-state index in [1.807, 2.05) is 6.92 Å². The molecule has 0 atom stereocenters. The Bertz CT molecular complexity index is 688. The molecule has 2 rings (SSSR count). The Morgan fingerprint density at radius 2 is 2.15 bits per heavy atom. The van der Waals surface area contributed by atoms with Gasteiger partial charge in [0.2, 0.25) is 10.0 Å². The molecule has 0 unspecified atom stereocenters. The van der Waals surface area contributed by atoms with Crippen molar-refractivity contribution >= 4 is 15.6 Å². The summed E-state index contributed by atoms with van der Waals surface area (Å²) in [5, 5.41) is 8.30. The quantitative estimate of drug-likeness (QED) is 0.884. The summed E-state index contributed by atoms with van der Waals surface area (Å²) < 4.78 is 23.9. The summed E-state index contributed by atoms with van der Waals surface area (Å²) >= 11 is 0. The molecule has 2 heterocycles. The number of primary sulfonamides is 1. The van der Waals surface area contributed by atoms with Gasteiger partial charge in [0.1, 0.15) is 4.90 Å². The van der Waals surface area contributed by atoms with Crippen molar-refractivity contribution < 1.29 is 8.42 Å². The molecule has 0 saturated carbocycles. The highest BCUT2D eigenvalue weighted by Gasteiger charge is 2.21. The van der Waals surface area contributed by atoms with E-state index in [2.05, 4.69) is 10.3 Å². The predicted molar refractivity (Wildman–Crippen MR) is 79.0 cm³/mol. The van der Waals surface area contributed by atoms with Crippen molar-refractivity contribution in [2.45, 2.75) is 24.7 Å². The molecule has 1 aromatic rings. The van der Waals surface area contributed by atoms with E-state index in [0.717, 1.165) is 6.42 Å². The van der Waals surface area contributed by atoms with Crippen molar-refractivity contribution in [2.75, 3.05) is 0 Å². The van der Waals surface area contributed by atoms with E-state index in [-0.39, 0.29) is 4.90 Å². The normalized spacial score (nSPS) is 14.6. The fourth-order valence-corrected chi connectivity index (χ4v) is 3.07. The van der Waals surface area contributed by atoms with Gasteiger partial charge in [-0.15, -0.1) is 0 Å². The van der Waals surface area contributed by atoms with E-state index in [1.54, 1.807) is 42.9 Å². The van der Waals surface area contributed by atoms with Crippen LogP contribution in [-0.2, 0) is 16.4 Å². The van der Waals surface area contributed by atoms with Crippen LogP contribution >= 0.6 is 0 Å². The van der Waals surface area contributed by atoms with Crippen molar-refractivity contribution in [3.63, 3.8) is 0 Å². The van der Waals surface area contributed by atoms with Crippen LogP contribution in [0.4, 0.5) is 0 Å². The minimum absolute atomic E-state index is 0.119. The van der Waals surface area contributed by atoms with Gasteiger partial charge in [-0.2, -0.15) is 0 Å². The molecule has 1 aromatic heterocycles. The third kappa shape index (κ3) is 3.15. The minimum atomic E-state index is -3.83. The first-order valence-electron chi connectivity index (χ1n) is 6.34. The fraction of sp³-hybridized carbons (Fsp3) is 0.214. The maximum Gasteiger partial charge on any atom is 0.240 e. The van der Waals surface area contributed by atoms with Crippen molar-refractivity contribution in [1.29, 1.82) is 0 Å². The summed E-state index contributed by atoms with van der Waals surface area (Å²) in [6.45, 7) is 1.99. The molecule has 0 fully saturated rings. The molecule has 0 bridgehead atoms. The second kappa shape index (κ2) is 6.02. The molecule has 0 saturated heterocycles. The van der Waals surface area contributed by atoms with Gasteiger partial charge in [-0.25, -0.2) is 13.6 Å². The molecular formula is C14H17N3O2S. The monoisotopic (exact) mass is 291 g/mol. The summed E-state index contributed by atoms with van der Waals surface area (Å²) in [6.07, 6.45) is 11.9. The third-order valence-electron chi connectivity index (χ3n) is 2.89. The molecule has 6 heteroatoms. The second-order valence-electron chi connectivity index (χ2n) is 4.42. The molecular weight excluding hydrogens is 274 g/mol. The molecule has 0 aliphatic carbocycles. The molecule has 0 amide bonds. The van der Waals surface area contributed by atoms with Crippen LogP contribution in [0, 0.1) is 0 Å². The standard InChI is InChI=1S/C14H17N3O2S/c1-2-4-12-7-10-17-13(14(12)20(15,18)19)11-5-3-8-16-9-6-11/h3,5-10,16H,2,4H2,1H3,(H2,15,18,19).